The average Bonchev–Trinajstić information content (AvgIpc) is 3.26. The smallest absolute Gasteiger partial charge is 0.244 e. The van der Waals surface area contributed by atoms with Crippen molar-refractivity contribution in [1.82, 2.24) is 19.7 Å². The monoisotopic (exact) mass is 393 g/mol. The van der Waals surface area contributed by atoms with Gasteiger partial charge in [-0.15, -0.1) is 0 Å². The molecule has 2 fully saturated rings. The lowest BCUT2D eigenvalue weighted by atomic mass is 9.95. The minimum absolute atomic E-state index is 0.0472. The number of carbonyl (C=O) groups excluding carboxylic acids is 1. The molecular weight excluding hydrogens is 373 g/mol. The van der Waals surface area contributed by atoms with Crippen molar-refractivity contribution >= 4 is 34.8 Å². The maximum absolute atomic E-state index is 13.0. The SMILES string of the molecule is O=C1C(N2CCC(Cn3cncn3)CC2)CCN1c1ccc(Cl)cc1Cl. The Labute approximate surface area is 162 Å². The first-order chi connectivity index (χ1) is 12.6. The van der Waals surface area contributed by atoms with E-state index in [0.29, 0.717) is 22.5 Å². The molecule has 1 amide bonds. The quantitative estimate of drug-likeness (QED) is 0.800. The van der Waals surface area contributed by atoms with Crippen LogP contribution >= 0.6 is 23.2 Å². The number of aromatic nitrogens is 3. The number of halogens is 2. The Kier molecular flexibility index (Phi) is 5.16. The highest BCUT2D eigenvalue weighted by atomic mass is 35.5. The molecular formula is C18H21Cl2N5O. The van der Waals surface area contributed by atoms with E-state index in [1.165, 1.54) is 0 Å². The molecule has 2 aliphatic rings. The summed E-state index contributed by atoms with van der Waals surface area (Å²) in [5, 5.41) is 5.29. The second-order valence-corrected chi connectivity index (χ2v) is 7.83. The molecule has 2 saturated heterocycles. The second-order valence-electron chi connectivity index (χ2n) is 6.99. The molecule has 1 atom stereocenters. The Bertz CT molecular complexity index is 774. The molecule has 26 heavy (non-hydrogen) atoms. The third-order valence-electron chi connectivity index (χ3n) is 5.38. The predicted molar refractivity (Wildman–Crippen MR) is 102 cm³/mol. The highest BCUT2D eigenvalue weighted by Gasteiger charge is 2.38. The third kappa shape index (κ3) is 3.59. The van der Waals surface area contributed by atoms with Crippen molar-refractivity contribution in [3.63, 3.8) is 0 Å². The van der Waals surface area contributed by atoms with E-state index in [9.17, 15) is 4.79 Å². The summed E-state index contributed by atoms with van der Waals surface area (Å²) in [6.45, 7) is 3.48. The summed E-state index contributed by atoms with van der Waals surface area (Å²) in [5.74, 6) is 0.732. The molecule has 0 radical (unpaired) electrons. The summed E-state index contributed by atoms with van der Waals surface area (Å²) in [6.07, 6.45) is 6.33. The van der Waals surface area contributed by atoms with Gasteiger partial charge >= 0.3 is 0 Å². The second kappa shape index (κ2) is 7.55. The summed E-state index contributed by atoms with van der Waals surface area (Å²) in [6, 6.07) is 5.25. The number of hydrogen-bond donors (Lipinski definition) is 0. The number of benzene rings is 1. The van der Waals surface area contributed by atoms with Crippen LogP contribution in [-0.2, 0) is 11.3 Å². The highest BCUT2D eigenvalue weighted by Crippen LogP contribution is 2.33. The number of hydrogen-bond acceptors (Lipinski definition) is 4. The summed E-state index contributed by atoms with van der Waals surface area (Å²) >= 11 is 12.3. The fraction of sp³-hybridized carbons (Fsp3) is 0.500. The predicted octanol–water partition coefficient (Wildman–Crippen LogP) is 3.10. The Hall–Kier alpha value is -1.63. The topological polar surface area (TPSA) is 54.3 Å². The van der Waals surface area contributed by atoms with Gasteiger partial charge in [0.25, 0.3) is 0 Å². The van der Waals surface area contributed by atoms with Crippen LogP contribution in [0.2, 0.25) is 10.0 Å². The van der Waals surface area contributed by atoms with Gasteiger partial charge < -0.3 is 4.90 Å². The molecule has 2 aromatic rings. The van der Waals surface area contributed by atoms with E-state index >= 15 is 0 Å². The standard InChI is InChI=1S/C18H21Cl2N5O/c19-14-1-2-16(15(20)9-14)25-8-5-17(18(25)26)23-6-3-13(4-7-23)10-24-12-21-11-22-24/h1-2,9,11-13,17H,3-8,10H2. The van der Waals surface area contributed by atoms with E-state index in [-0.39, 0.29) is 11.9 Å². The molecule has 6 nitrogen and oxygen atoms in total. The van der Waals surface area contributed by atoms with Crippen LogP contribution in [0.5, 0.6) is 0 Å². The van der Waals surface area contributed by atoms with Gasteiger partial charge in [0.1, 0.15) is 12.7 Å². The van der Waals surface area contributed by atoms with Crippen LogP contribution in [-0.4, -0.2) is 51.2 Å². The molecule has 2 aliphatic heterocycles. The number of amides is 1. The van der Waals surface area contributed by atoms with Gasteiger partial charge in [-0.3, -0.25) is 14.4 Å². The first-order valence-corrected chi connectivity index (χ1v) is 9.70. The Morgan fingerprint density at radius 1 is 1.12 bits per heavy atom. The zero-order valence-corrected chi connectivity index (χ0v) is 15.9. The number of nitrogens with zero attached hydrogens (tertiary/aromatic N) is 5. The van der Waals surface area contributed by atoms with Gasteiger partial charge in [-0.1, -0.05) is 23.2 Å². The lowest BCUT2D eigenvalue weighted by molar-refractivity contribution is -0.122. The van der Waals surface area contributed by atoms with Crippen molar-refractivity contribution in [2.24, 2.45) is 5.92 Å². The lowest BCUT2D eigenvalue weighted by Crippen LogP contribution is -2.46. The maximum Gasteiger partial charge on any atom is 0.244 e. The molecule has 138 valence electrons. The van der Waals surface area contributed by atoms with Gasteiger partial charge in [-0.2, -0.15) is 5.10 Å². The van der Waals surface area contributed by atoms with E-state index in [4.69, 9.17) is 23.2 Å². The van der Waals surface area contributed by atoms with Crippen LogP contribution in [0.4, 0.5) is 5.69 Å². The van der Waals surface area contributed by atoms with E-state index < -0.39 is 0 Å². The van der Waals surface area contributed by atoms with Crippen LogP contribution in [0.15, 0.2) is 30.9 Å². The van der Waals surface area contributed by atoms with Gasteiger partial charge in [-0.05, 0) is 56.5 Å². The Balaban J connectivity index is 1.37. The maximum atomic E-state index is 13.0. The molecule has 0 saturated carbocycles. The van der Waals surface area contributed by atoms with Crippen molar-refractivity contribution in [1.29, 1.82) is 0 Å². The van der Waals surface area contributed by atoms with Gasteiger partial charge in [0.15, 0.2) is 0 Å². The molecule has 1 aromatic carbocycles. The minimum atomic E-state index is -0.0472. The Morgan fingerprint density at radius 3 is 2.62 bits per heavy atom. The number of rotatable bonds is 4. The molecule has 0 bridgehead atoms. The lowest BCUT2D eigenvalue weighted by Gasteiger charge is -2.35. The largest absolute Gasteiger partial charge is 0.310 e. The van der Waals surface area contributed by atoms with Crippen LogP contribution < -0.4 is 4.90 Å². The fourth-order valence-corrected chi connectivity index (χ4v) is 4.49. The molecule has 8 heteroatoms. The molecule has 3 heterocycles. The van der Waals surface area contributed by atoms with Crippen molar-refractivity contribution < 1.29 is 4.79 Å². The van der Waals surface area contributed by atoms with Crippen molar-refractivity contribution in [2.45, 2.75) is 31.8 Å². The van der Waals surface area contributed by atoms with Gasteiger partial charge in [0, 0.05) is 18.1 Å². The van der Waals surface area contributed by atoms with Gasteiger partial charge in [0.05, 0.1) is 16.8 Å². The molecule has 1 aromatic heterocycles. The first kappa shape index (κ1) is 17.8. The van der Waals surface area contributed by atoms with E-state index in [0.717, 1.165) is 44.6 Å². The number of piperidine rings is 1. The molecule has 1 unspecified atom stereocenters. The molecule has 0 spiro atoms. The zero-order chi connectivity index (χ0) is 18.1. The van der Waals surface area contributed by atoms with Gasteiger partial charge in [0.2, 0.25) is 5.91 Å². The minimum Gasteiger partial charge on any atom is -0.310 e. The van der Waals surface area contributed by atoms with Gasteiger partial charge in [-0.25, -0.2) is 4.98 Å². The first-order valence-electron chi connectivity index (χ1n) is 8.94. The van der Waals surface area contributed by atoms with E-state index in [1.807, 2.05) is 10.7 Å². The Morgan fingerprint density at radius 2 is 1.92 bits per heavy atom. The van der Waals surface area contributed by atoms with Crippen LogP contribution in [0, 0.1) is 5.92 Å². The average molecular weight is 394 g/mol. The summed E-state index contributed by atoms with van der Waals surface area (Å²) < 4.78 is 1.89. The van der Waals surface area contributed by atoms with E-state index in [2.05, 4.69) is 15.0 Å². The van der Waals surface area contributed by atoms with Crippen molar-refractivity contribution in [3.8, 4) is 0 Å². The van der Waals surface area contributed by atoms with Crippen molar-refractivity contribution in [2.75, 3.05) is 24.5 Å². The van der Waals surface area contributed by atoms with Crippen LogP contribution in [0.25, 0.3) is 0 Å². The van der Waals surface area contributed by atoms with E-state index in [1.54, 1.807) is 29.7 Å². The summed E-state index contributed by atoms with van der Waals surface area (Å²) in [7, 11) is 0. The molecule has 0 aliphatic carbocycles. The summed E-state index contributed by atoms with van der Waals surface area (Å²) in [4.78, 5) is 21.1. The number of carbonyl (C=O) groups is 1. The zero-order valence-electron chi connectivity index (χ0n) is 14.4. The fourth-order valence-electron chi connectivity index (χ4n) is 3.98. The number of likely N-dealkylation sites (tertiary alicyclic amines) is 1. The van der Waals surface area contributed by atoms with Crippen LogP contribution in [0.1, 0.15) is 19.3 Å². The molecule has 4 rings (SSSR count). The molecule has 0 N–H and O–H groups in total. The highest BCUT2D eigenvalue weighted by molar-refractivity contribution is 6.36. The summed E-state index contributed by atoms with van der Waals surface area (Å²) in [5.41, 5.74) is 0.754. The van der Waals surface area contributed by atoms with Crippen LogP contribution in [0.3, 0.4) is 0 Å². The third-order valence-corrected chi connectivity index (χ3v) is 5.92. The number of anilines is 1. The van der Waals surface area contributed by atoms with Crippen molar-refractivity contribution in [3.05, 3.63) is 40.9 Å². The normalized spacial score (nSPS) is 22.3.